The molecule has 2 aromatic rings. The van der Waals surface area contributed by atoms with E-state index in [9.17, 15) is 20.1 Å². The van der Waals surface area contributed by atoms with E-state index in [0.717, 1.165) is 18.8 Å². The van der Waals surface area contributed by atoms with Gasteiger partial charge in [-0.05, 0) is 19.3 Å². The molecule has 1 aliphatic heterocycles. The number of ether oxygens (including phenoxy) is 1. The molecule has 1 unspecified atom stereocenters. The van der Waals surface area contributed by atoms with E-state index in [1.807, 2.05) is 0 Å². The number of nitrogens with one attached hydrogen (secondary N) is 2. The molecule has 13 heteroatoms. The maximum atomic E-state index is 12.0. The molecule has 3 heterocycles. The topological polar surface area (TPSA) is 181 Å². The highest BCUT2D eigenvalue weighted by molar-refractivity contribution is 5.85. The van der Waals surface area contributed by atoms with Crippen LogP contribution in [0.2, 0.25) is 0 Å². The van der Waals surface area contributed by atoms with Crippen LogP contribution in [-0.4, -0.2) is 78.3 Å². The number of aliphatic hydroxyl groups excluding tert-OH is 3. The van der Waals surface area contributed by atoms with Gasteiger partial charge in [0.05, 0.1) is 6.33 Å². The van der Waals surface area contributed by atoms with Crippen LogP contribution in [0.25, 0.3) is 11.2 Å². The molecule has 0 radical (unpaired) electrons. The number of halogens is 1. The third-order valence-electron chi connectivity index (χ3n) is 6.98. The van der Waals surface area contributed by atoms with Crippen LogP contribution >= 0.6 is 12.4 Å². The molecule has 36 heavy (non-hydrogen) atoms. The minimum Gasteiger partial charge on any atom is -0.387 e. The van der Waals surface area contributed by atoms with Gasteiger partial charge in [-0.2, -0.15) is 9.97 Å². The number of nitrogens with zero attached hydrogens (tertiary/aromatic N) is 4. The number of imidazole rings is 1. The number of nitrogen functional groups attached to an aromatic ring is 1. The van der Waals surface area contributed by atoms with Crippen molar-refractivity contribution in [3.8, 4) is 0 Å². The first-order chi connectivity index (χ1) is 16.9. The summed E-state index contributed by atoms with van der Waals surface area (Å²) in [7, 11) is 0. The molecule has 12 nitrogen and oxygen atoms in total. The van der Waals surface area contributed by atoms with Crippen molar-refractivity contribution in [1.29, 1.82) is 0 Å². The lowest BCUT2D eigenvalue weighted by Crippen LogP contribution is -2.47. The summed E-state index contributed by atoms with van der Waals surface area (Å²) in [4.78, 5) is 25.0. The first-order valence-corrected chi connectivity index (χ1v) is 12.6. The third-order valence-corrected chi connectivity index (χ3v) is 6.98. The van der Waals surface area contributed by atoms with Crippen LogP contribution in [0.5, 0.6) is 0 Å². The zero-order valence-electron chi connectivity index (χ0n) is 20.5. The number of carbonyl (C=O) groups is 1. The number of anilines is 2. The van der Waals surface area contributed by atoms with Crippen LogP contribution in [0.1, 0.15) is 64.5 Å². The van der Waals surface area contributed by atoms with Gasteiger partial charge in [0.2, 0.25) is 5.95 Å². The predicted molar refractivity (Wildman–Crippen MR) is 137 cm³/mol. The van der Waals surface area contributed by atoms with Crippen LogP contribution in [0.3, 0.4) is 0 Å². The number of amides is 1. The Bertz CT molecular complexity index is 1000. The largest absolute Gasteiger partial charge is 0.387 e. The average molecular weight is 528 g/mol. The number of hydrogen-bond donors (Lipinski definition) is 6. The van der Waals surface area contributed by atoms with E-state index in [0.29, 0.717) is 30.2 Å². The molecule has 4 rings (SSSR count). The fourth-order valence-electron chi connectivity index (χ4n) is 5.04. The molecule has 2 aromatic heterocycles. The SMILES string of the molecule is CCNC(=O)C(O)[C@H]1O[C@@H](n2cnc3c(N)nc(NCCCCC4CCCCC4)nc32)[C@H](O)[C@@H]1O.Cl. The van der Waals surface area contributed by atoms with Crippen molar-refractivity contribution in [3.63, 3.8) is 0 Å². The maximum absolute atomic E-state index is 12.0. The molecule has 202 valence electrons. The first-order valence-electron chi connectivity index (χ1n) is 12.6. The highest BCUT2D eigenvalue weighted by Gasteiger charge is 2.49. The number of unbranched alkanes of at least 4 members (excludes halogenated alkanes) is 1. The summed E-state index contributed by atoms with van der Waals surface area (Å²) >= 11 is 0. The molecule has 1 saturated heterocycles. The Morgan fingerprint density at radius 2 is 1.97 bits per heavy atom. The van der Waals surface area contributed by atoms with Crippen LogP contribution in [0, 0.1) is 5.92 Å². The number of carbonyl (C=O) groups excluding carboxylic acids is 1. The molecule has 0 bridgehead atoms. The van der Waals surface area contributed by atoms with Gasteiger partial charge in [-0.25, -0.2) is 4.98 Å². The summed E-state index contributed by atoms with van der Waals surface area (Å²) in [6.07, 6.45) is 4.53. The van der Waals surface area contributed by atoms with Crippen LogP contribution in [0.4, 0.5) is 11.8 Å². The third kappa shape index (κ3) is 6.17. The molecule has 2 fully saturated rings. The second kappa shape index (κ2) is 12.8. The van der Waals surface area contributed by atoms with E-state index < -0.39 is 36.6 Å². The summed E-state index contributed by atoms with van der Waals surface area (Å²) in [5.41, 5.74) is 6.73. The van der Waals surface area contributed by atoms with Gasteiger partial charge >= 0.3 is 0 Å². The number of fused-ring (bicyclic) bond motifs is 1. The van der Waals surface area contributed by atoms with E-state index in [1.54, 1.807) is 6.92 Å². The van der Waals surface area contributed by atoms with Crippen molar-refractivity contribution in [2.45, 2.75) is 88.9 Å². The lowest BCUT2D eigenvalue weighted by molar-refractivity contribution is -0.143. The molecule has 1 amide bonds. The standard InChI is InChI=1S/C23H37N7O5.ClH/c1-2-25-21(34)17(33)18-15(31)16(32)22(35-18)30-12-27-14-19(24)28-23(29-20(14)30)26-11-7-6-10-13-8-4-3-5-9-13;/h12-13,15-18,22,31-33H,2-11H2,1H3,(H,25,34)(H3,24,26,28,29);1H/t15-,16+,17?,18-,22+;/m0./s1. The molecule has 5 atom stereocenters. The van der Waals surface area contributed by atoms with Crippen molar-refractivity contribution < 1.29 is 24.9 Å². The van der Waals surface area contributed by atoms with Gasteiger partial charge in [-0.1, -0.05) is 44.9 Å². The fourth-order valence-corrected chi connectivity index (χ4v) is 5.04. The molecule has 7 N–H and O–H groups in total. The number of aromatic nitrogens is 4. The summed E-state index contributed by atoms with van der Waals surface area (Å²) in [6.45, 7) is 2.72. The van der Waals surface area contributed by atoms with Crippen molar-refractivity contribution >= 4 is 41.2 Å². The Balaban J connectivity index is 0.00000361. The molecule has 0 aromatic carbocycles. The van der Waals surface area contributed by atoms with E-state index in [4.69, 9.17) is 10.5 Å². The van der Waals surface area contributed by atoms with Gasteiger partial charge < -0.3 is 36.4 Å². The van der Waals surface area contributed by atoms with Crippen LogP contribution in [-0.2, 0) is 9.53 Å². The van der Waals surface area contributed by atoms with Gasteiger partial charge in [0.15, 0.2) is 23.8 Å². The van der Waals surface area contributed by atoms with Crippen LogP contribution < -0.4 is 16.4 Å². The number of likely N-dealkylation sites (N-methyl/N-ethyl adjacent to an activating group) is 1. The van der Waals surface area contributed by atoms with Crippen molar-refractivity contribution in [1.82, 2.24) is 24.8 Å². The Kier molecular flexibility index (Phi) is 10.1. The zero-order chi connectivity index (χ0) is 24.9. The normalized spacial score (nSPS) is 25.4. The second-order valence-corrected chi connectivity index (χ2v) is 9.49. The summed E-state index contributed by atoms with van der Waals surface area (Å²) < 4.78 is 7.14. The van der Waals surface area contributed by atoms with E-state index in [-0.39, 0.29) is 18.2 Å². The molecule has 1 aliphatic carbocycles. The van der Waals surface area contributed by atoms with Gasteiger partial charge in [0.1, 0.15) is 23.8 Å². The summed E-state index contributed by atoms with van der Waals surface area (Å²) in [6, 6.07) is 0. The van der Waals surface area contributed by atoms with E-state index in [1.165, 1.54) is 49.4 Å². The monoisotopic (exact) mass is 527 g/mol. The number of rotatable bonds is 10. The minimum absolute atomic E-state index is 0. The molecule has 0 spiro atoms. The maximum Gasteiger partial charge on any atom is 0.251 e. The summed E-state index contributed by atoms with van der Waals surface area (Å²) in [5, 5.41) is 37.0. The molecular weight excluding hydrogens is 490 g/mol. The van der Waals surface area contributed by atoms with Gasteiger partial charge in [-0.3, -0.25) is 9.36 Å². The lowest BCUT2D eigenvalue weighted by Gasteiger charge is -2.21. The second-order valence-electron chi connectivity index (χ2n) is 9.49. The molecule has 1 saturated carbocycles. The highest BCUT2D eigenvalue weighted by atomic mass is 35.5. The van der Waals surface area contributed by atoms with Gasteiger partial charge in [-0.15, -0.1) is 12.4 Å². The molecular formula is C23H38ClN7O5. The van der Waals surface area contributed by atoms with Gasteiger partial charge in [0.25, 0.3) is 5.91 Å². The quantitative estimate of drug-likeness (QED) is 0.245. The number of hydrogen-bond acceptors (Lipinski definition) is 10. The van der Waals surface area contributed by atoms with Crippen LogP contribution in [0.15, 0.2) is 6.33 Å². The van der Waals surface area contributed by atoms with E-state index in [2.05, 4.69) is 25.6 Å². The Hall–Kier alpha value is -2.25. The number of aliphatic hydroxyl groups is 3. The minimum atomic E-state index is -1.65. The average Bonchev–Trinajstić information content (AvgIpc) is 3.40. The Morgan fingerprint density at radius 1 is 1.22 bits per heavy atom. The van der Waals surface area contributed by atoms with Gasteiger partial charge in [0, 0.05) is 13.1 Å². The highest BCUT2D eigenvalue weighted by Crippen LogP contribution is 2.34. The van der Waals surface area contributed by atoms with Crippen molar-refractivity contribution in [2.75, 3.05) is 24.1 Å². The Labute approximate surface area is 216 Å². The summed E-state index contributed by atoms with van der Waals surface area (Å²) in [5.74, 6) is 0.665. The van der Waals surface area contributed by atoms with E-state index >= 15 is 0 Å². The Morgan fingerprint density at radius 3 is 2.69 bits per heavy atom. The first kappa shape index (κ1) is 28.3. The van der Waals surface area contributed by atoms with Crippen molar-refractivity contribution in [3.05, 3.63) is 6.33 Å². The predicted octanol–water partition coefficient (Wildman–Crippen LogP) is 1.11. The smallest absolute Gasteiger partial charge is 0.251 e. The molecule has 2 aliphatic rings. The zero-order valence-corrected chi connectivity index (χ0v) is 21.4. The fraction of sp³-hybridized carbons (Fsp3) is 0.739. The lowest BCUT2D eigenvalue weighted by atomic mass is 9.86. The van der Waals surface area contributed by atoms with Crippen molar-refractivity contribution in [2.24, 2.45) is 5.92 Å². The number of nitrogens with two attached hydrogens (primary N) is 1.